The van der Waals surface area contributed by atoms with E-state index in [2.05, 4.69) is 4.98 Å². The molecule has 4 nitrogen and oxygen atoms in total. The Morgan fingerprint density at radius 2 is 2.17 bits per heavy atom. The van der Waals surface area contributed by atoms with E-state index in [1.54, 1.807) is 4.57 Å². The first-order chi connectivity index (χ1) is 8.54. The van der Waals surface area contributed by atoms with E-state index in [0.717, 1.165) is 22.6 Å². The van der Waals surface area contributed by atoms with Crippen LogP contribution in [0.3, 0.4) is 0 Å². The highest BCUT2D eigenvalue weighted by Crippen LogP contribution is 2.31. The minimum absolute atomic E-state index is 0.404. The van der Waals surface area contributed by atoms with Crippen LogP contribution in [0.25, 0.3) is 11.3 Å². The topological polar surface area (TPSA) is 53.1 Å². The molecule has 0 spiro atoms. The lowest BCUT2D eigenvalue weighted by atomic mass is 10.1. The molecule has 5 heteroatoms. The second-order valence-electron chi connectivity index (χ2n) is 4.08. The van der Waals surface area contributed by atoms with Crippen molar-refractivity contribution < 1.29 is 4.74 Å². The number of rotatable bonds is 3. The Hall–Kier alpha value is -1.68. The SMILES string of the molecule is CCOc1ccc(-c2c(Cl)nc(N)n2C)cc1C. The second-order valence-corrected chi connectivity index (χ2v) is 4.44. The average molecular weight is 266 g/mol. The van der Waals surface area contributed by atoms with E-state index < -0.39 is 0 Å². The molecule has 0 saturated carbocycles. The third kappa shape index (κ3) is 2.16. The van der Waals surface area contributed by atoms with Crippen molar-refractivity contribution in [1.82, 2.24) is 9.55 Å². The van der Waals surface area contributed by atoms with Crippen LogP contribution in [-0.4, -0.2) is 16.2 Å². The van der Waals surface area contributed by atoms with Gasteiger partial charge in [-0.2, -0.15) is 0 Å². The van der Waals surface area contributed by atoms with Crippen LogP contribution in [0.5, 0.6) is 5.75 Å². The smallest absolute Gasteiger partial charge is 0.201 e. The lowest BCUT2D eigenvalue weighted by Crippen LogP contribution is -1.99. The summed E-state index contributed by atoms with van der Waals surface area (Å²) in [6.07, 6.45) is 0. The van der Waals surface area contributed by atoms with Gasteiger partial charge < -0.3 is 15.0 Å². The molecular weight excluding hydrogens is 250 g/mol. The van der Waals surface area contributed by atoms with E-state index >= 15 is 0 Å². The van der Waals surface area contributed by atoms with Crippen molar-refractivity contribution in [2.45, 2.75) is 13.8 Å². The molecule has 0 aliphatic rings. The third-order valence-electron chi connectivity index (χ3n) is 2.84. The first kappa shape index (κ1) is 12.8. The summed E-state index contributed by atoms with van der Waals surface area (Å²) in [5.74, 6) is 1.29. The number of nitrogens with zero attached hydrogens (tertiary/aromatic N) is 2. The molecule has 1 aromatic carbocycles. The number of ether oxygens (including phenoxy) is 1. The van der Waals surface area contributed by atoms with Crippen molar-refractivity contribution in [3.05, 3.63) is 28.9 Å². The number of hydrogen-bond acceptors (Lipinski definition) is 3. The van der Waals surface area contributed by atoms with E-state index in [9.17, 15) is 0 Å². The molecule has 2 rings (SSSR count). The maximum atomic E-state index is 6.09. The van der Waals surface area contributed by atoms with E-state index in [-0.39, 0.29) is 0 Å². The molecule has 18 heavy (non-hydrogen) atoms. The van der Waals surface area contributed by atoms with Gasteiger partial charge in [-0.05, 0) is 37.6 Å². The van der Waals surface area contributed by atoms with Gasteiger partial charge in [0, 0.05) is 12.6 Å². The largest absolute Gasteiger partial charge is 0.494 e. The lowest BCUT2D eigenvalue weighted by Gasteiger charge is -2.10. The second kappa shape index (κ2) is 4.90. The van der Waals surface area contributed by atoms with Gasteiger partial charge in [-0.15, -0.1) is 0 Å². The zero-order valence-corrected chi connectivity index (χ0v) is 11.5. The van der Waals surface area contributed by atoms with Gasteiger partial charge in [0.2, 0.25) is 5.95 Å². The summed E-state index contributed by atoms with van der Waals surface area (Å²) >= 11 is 6.09. The van der Waals surface area contributed by atoms with Crippen LogP contribution in [0.4, 0.5) is 5.95 Å². The minimum atomic E-state index is 0.404. The Morgan fingerprint density at radius 1 is 1.44 bits per heavy atom. The molecule has 0 unspecified atom stereocenters. The van der Waals surface area contributed by atoms with Gasteiger partial charge >= 0.3 is 0 Å². The number of anilines is 1. The lowest BCUT2D eigenvalue weighted by molar-refractivity contribution is 0.338. The third-order valence-corrected chi connectivity index (χ3v) is 3.10. The van der Waals surface area contributed by atoms with Crippen LogP contribution in [0, 0.1) is 6.92 Å². The molecule has 0 saturated heterocycles. The van der Waals surface area contributed by atoms with Gasteiger partial charge in [-0.3, -0.25) is 0 Å². The van der Waals surface area contributed by atoms with E-state index in [1.807, 2.05) is 39.1 Å². The summed E-state index contributed by atoms with van der Waals surface area (Å²) in [4.78, 5) is 4.05. The van der Waals surface area contributed by atoms with Crippen LogP contribution in [0.2, 0.25) is 5.15 Å². The van der Waals surface area contributed by atoms with Crippen LogP contribution < -0.4 is 10.5 Å². The van der Waals surface area contributed by atoms with Crippen LogP contribution in [0.15, 0.2) is 18.2 Å². The fraction of sp³-hybridized carbons (Fsp3) is 0.308. The summed E-state index contributed by atoms with van der Waals surface area (Å²) < 4.78 is 7.29. The molecule has 0 amide bonds. The Labute approximate surface area is 111 Å². The minimum Gasteiger partial charge on any atom is -0.494 e. The zero-order chi connectivity index (χ0) is 13.3. The summed E-state index contributed by atoms with van der Waals surface area (Å²) in [7, 11) is 1.84. The molecule has 0 radical (unpaired) electrons. The van der Waals surface area contributed by atoms with E-state index in [4.69, 9.17) is 22.1 Å². The van der Waals surface area contributed by atoms with Crippen molar-refractivity contribution >= 4 is 17.5 Å². The van der Waals surface area contributed by atoms with Crippen molar-refractivity contribution in [3.8, 4) is 17.0 Å². The van der Waals surface area contributed by atoms with Crippen LogP contribution in [-0.2, 0) is 7.05 Å². The first-order valence-corrected chi connectivity index (χ1v) is 6.14. The molecule has 96 valence electrons. The first-order valence-electron chi connectivity index (χ1n) is 5.76. The van der Waals surface area contributed by atoms with Crippen molar-refractivity contribution in [2.24, 2.45) is 7.05 Å². The van der Waals surface area contributed by atoms with Crippen molar-refractivity contribution in [3.63, 3.8) is 0 Å². The summed E-state index contributed by atoms with van der Waals surface area (Å²) in [6, 6.07) is 5.92. The molecule has 2 N–H and O–H groups in total. The molecule has 0 aliphatic heterocycles. The molecule has 0 fully saturated rings. The Morgan fingerprint density at radius 3 is 2.67 bits per heavy atom. The van der Waals surface area contributed by atoms with Crippen molar-refractivity contribution in [2.75, 3.05) is 12.3 Å². The highest BCUT2D eigenvalue weighted by Gasteiger charge is 2.14. The number of aryl methyl sites for hydroxylation is 1. The molecule has 2 aromatic rings. The number of aromatic nitrogens is 2. The predicted octanol–water partition coefficient (Wildman–Crippen LogP) is 3.03. The number of imidazole rings is 1. The Bertz CT molecular complexity index is 578. The van der Waals surface area contributed by atoms with Crippen molar-refractivity contribution in [1.29, 1.82) is 0 Å². The number of hydrogen-bond donors (Lipinski definition) is 1. The van der Waals surface area contributed by atoms with Gasteiger partial charge in [0.25, 0.3) is 0 Å². The number of nitrogens with two attached hydrogens (primary N) is 1. The van der Waals surface area contributed by atoms with Crippen LogP contribution >= 0.6 is 11.6 Å². The van der Waals surface area contributed by atoms with E-state index in [1.165, 1.54) is 0 Å². The van der Waals surface area contributed by atoms with Gasteiger partial charge in [0.15, 0.2) is 5.15 Å². The number of nitrogen functional groups attached to an aromatic ring is 1. The fourth-order valence-corrected chi connectivity index (χ4v) is 2.23. The quantitative estimate of drug-likeness (QED) is 0.928. The zero-order valence-electron chi connectivity index (χ0n) is 10.7. The maximum Gasteiger partial charge on any atom is 0.201 e. The van der Waals surface area contributed by atoms with Gasteiger partial charge in [-0.1, -0.05) is 11.6 Å². The van der Waals surface area contributed by atoms with Crippen LogP contribution in [0.1, 0.15) is 12.5 Å². The molecule has 0 atom stereocenters. The number of halogens is 1. The summed E-state index contributed by atoms with van der Waals surface area (Å²) in [6.45, 7) is 4.62. The van der Waals surface area contributed by atoms with Gasteiger partial charge in [-0.25, -0.2) is 4.98 Å². The Balaban J connectivity index is 2.49. The van der Waals surface area contributed by atoms with Gasteiger partial charge in [0.1, 0.15) is 5.75 Å². The average Bonchev–Trinajstić information content (AvgIpc) is 2.56. The highest BCUT2D eigenvalue weighted by atomic mass is 35.5. The number of benzene rings is 1. The normalized spacial score (nSPS) is 10.7. The van der Waals surface area contributed by atoms with Gasteiger partial charge in [0.05, 0.1) is 12.3 Å². The summed E-state index contributed by atoms with van der Waals surface area (Å²) in [5, 5.41) is 0.415. The summed E-state index contributed by atoms with van der Waals surface area (Å²) in [5.41, 5.74) is 8.60. The Kier molecular flexibility index (Phi) is 3.48. The molecule has 0 aliphatic carbocycles. The molecular formula is C13H16ClN3O. The standard InChI is InChI=1S/C13H16ClN3O/c1-4-18-10-6-5-9(7-8(10)2)11-12(14)16-13(15)17(11)3/h5-7H,4H2,1-3H3,(H2,15,16). The maximum absolute atomic E-state index is 6.09. The monoisotopic (exact) mass is 265 g/mol. The molecule has 0 bridgehead atoms. The van der Waals surface area contributed by atoms with E-state index in [0.29, 0.717) is 17.7 Å². The molecule has 1 aromatic heterocycles. The highest BCUT2D eigenvalue weighted by molar-refractivity contribution is 6.32. The fourth-order valence-electron chi connectivity index (χ4n) is 1.91. The molecule has 1 heterocycles. The predicted molar refractivity (Wildman–Crippen MR) is 74.0 cm³/mol.